The van der Waals surface area contributed by atoms with Gasteiger partial charge in [0.1, 0.15) is 5.82 Å². The summed E-state index contributed by atoms with van der Waals surface area (Å²) >= 11 is 3.36. The molecule has 1 aromatic heterocycles. The lowest BCUT2D eigenvalue weighted by molar-refractivity contribution is 0.570. The van der Waals surface area contributed by atoms with E-state index in [-0.39, 0.29) is 29.8 Å². The molecule has 0 aliphatic heterocycles. The number of benzene rings is 1. The Morgan fingerprint density at radius 1 is 1.33 bits per heavy atom. The lowest BCUT2D eigenvalue weighted by Crippen LogP contribution is -2.39. The van der Waals surface area contributed by atoms with Crippen molar-refractivity contribution in [3.8, 4) is 0 Å². The summed E-state index contributed by atoms with van der Waals surface area (Å²) in [4.78, 5) is 4.16. The van der Waals surface area contributed by atoms with E-state index in [1.807, 2.05) is 16.9 Å². The summed E-state index contributed by atoms with van der Waals surface area (Å²) in [6, 6.07) is 6.89. The van der Waals surface area contributed by atoms with Gasteiger partial charge in [0, 0.05) is 43.5 Å². The Hall–Kier alpha value is -1.16. The van der Waals surface area contributed by atoms with Gasteiger partial charge >= 0.3 is 0 Å². The van der Waals surface area contributed by atoms with Crippen LogP contribution in [-0.4, -0.2) is 35.9 Å². The maximum Gasteiger partial charge on any atom is 0.190 e. The van der Waals surface area contributed by atoms with Crippen molar-refractivity contribution in [2.45, 2.75) is 19.4 Å². The molecule has 0 aliphatic carbocycles. The highest BCUT2D eigenvalue weighted by molar-refractivity contribution is 14.0. The largest absolute Gasteiger partial charge is 0.356 e. The van der Waals surface area contributed by atoms with Crippen LogP contribution in [0.1, 0.15) is 12.0 Å². The fourth-order valence-corrected chi connectivity index (χ4v) is 2.56. The molecule has 2 rings (SSSR count). The zero-order chi connectivity index (χ0) is 16.5. The highest BCUT2D eigenvalue weighted by Crippen LogP contribution is 2.15. The number of rotatable bonds is 7. The summed E-state index contributed by atoms with van der Waals surface area (Å²) in [5, 5.41) is 10.6. The minimum atomic E-state index is -0.183. The third-order valence-corrected chi connectivity index (χ3v) is 3.83. The Labute approximate surface area is 167 Å². The SMILES string of the molecule is CN=C(NCCCn1cccn1)NCCc1cc(Br)ccc1F.I. The molecule has 1 aromatic carbocycles. The molecular weight excluding hydrogens is 488 g/mol. The quantitative estimate of drug-likeness (QED) is 0.261. The second kappa shape index (κ2) is 11.4. The van der Waals surface area contributed by atoms with Crippen molar-refractivity contribution in [1.82, 2.24) is 20.4 Å². The van der Waals surface area contributed by atoms with Gasteiger partial charge in [0.15, 0.2) is 5.96 Å². The van der Waals surface area contributed by atoms with Gasteiger partial charge in [-0.15, -0.1) is 24.0 Å². The van der Waals surface area contributed by atoms with Gasteiger partial charge < -0.3 is 10.6 Å². The topological polar surface area (TPSA) is 54.2 Å². The number of aryl methyl sites for hydroxylation is 1. The highest BCUT2D eigenvalue weighted by atomic mass is 127. The van der Waals surface area contributed by atoms with E-state index in [1.54, 1.807) is 25.4 Å². The van der Waals surface area contributed by atoms with E-state index in [1.165, 1.54) is 6.07 Å². The molecule has 0 aliphatic rings. The van der Waals surface area contributed by atoms with E-state index in [9.17, 15) is 4.39 Å². The van der Waals surface area contributed by atoms with Crippen LogP contribution >= 0.6 is 39.9 Å². The van der Waals surface area contributed by atoms with Crippen LogP contribution in [0.15, 0.2) is 46.1 Å². The summed E-state index contributed by atoms with van der Waals surface area (Å²) in [5.74, 6) is 0.540. The molecule has 1 heterocycles. The summed E-state index contributed by atoms with van der Waals surface area (Å²) in [5.41, 5.74) is 0.681. The first kappa shape index (κ1) is 20.9. The fraction of sp³-hybridized carbons (Fsp3) is 0.375. The van der Waals surface area contributed by atoms with Crippen LogP contribution in [0.25, 0.3) is 0 Å². The van der Waals surface area contributed by atoms with Gasteiger partial charge in [-0.25, -0.2) is 4.39 Å². The van der Waals surface area contributed by atoms with Crippen LogP contribution in [-0.2, 0) is 13.0 Å². The van der Waals surface area contributed by atoms with Gasteiger partial charge in [0.2, 0.25) is 0 Å². The van der Waals surface area contributed by atoms with Crippen molar-refractivity contribution in [2.24, 2.45) is 4.99 Å². The fourth-order valence-electron chi connectivity index (χ4n) is 2.15. The van der Waals surface area contributed by atoms with Crippen molar-refractivity contribution in [3.63, 3.8) is 0 Å². The number of nitrogens with zero attached hydrogens (tertiary/aromatic N) is 3. The van der Waals surface area contributed by atoms with Gasteiger partial charge in [-0.05, 0) is 42.7 Å². The van der Waals surface area contributed by atoms with Gasteiger partial charge in [-0.2, -0.15) is 5.10 Å². The predicted molar refractivity (Wildman–Crippen MR) is 109 cm³/mol. The predicted octanol–water partition coefficient (Wildman–Crippen LogP) is 3.20. The summed E-state index contributed by atoms with van der Waals surface area (Å²) < 4.78 is 16.4. The summed E-state index contributed by atoms with van der Waals surface area (Å²) in [7, 11) is 1.72. The zero-order valence-electron chi connectivity index (χ0n) is 13.5. The minimum absolute atomic E-state index is 0. The molecule has 0 saturated heterocycles. The first-order valence-electron chi connectivity index (χ1n) is 7.55. The van der Waals surface area contributed by atoms with Crippen molar-refractivity contribution in [2.75, 3.05) is 20.1 Å². The summed E-state index contributed by atoms with van der Waals surface area (Å²) in [6.07, 6.45) is 5.26. The van der Waals surface area contributed by atoms with Gasteiger partial charge in [-0.1, -0.05) is 15.9 Å². The zero-order valence-corrected chi connectivity index (χ0v) is 17.4. The molecule has 5 nitrogen and oxygen atoms in total. The van der Waals surface area contributed by atoms with Crippen LogP contribution in [0.2, 0.25) is 0 Å². The van der Waals surface area contributed by atoms with Crippen LogP contribution in [0, 0.1) is 5.82 Å². The lowest BCUT2D eigenvalue weighted by Gasteiger charge is -2.12. The minimum Gasteiger partial charge on any atom is -0.356 e. The normalized spacial score (nSPS) is 11.0. The number of aromatic nitrogens is 2. The molecular formula is C16H22BrFIN5. The first-order valence-corrected chi connectivity index (χ1v) is 8.34. The second-order valence-electron chi connectivity index (χ2n) is 5.03. The molecule has 2 N–H and O–H groups in total. The average molecular weight is 510 g/mol. The van der Waals surface area contributed by atoms with Gasteiger partial charge in [0.25, 0.3) is 0 Å². The Morgan fingerprint density at radius 2 is 2.12 bits per heavy atom. The van der Waals surface area contributed by atoms with E-state index in [0.717, 1.165) is 29.9 Å². The van der Waals surface area contributed by atoms with Crippen LogP contribution in [0.4, 0.5) is 4.39 Å². The van der Waals surface area contributed by atoms with E-state index in [2.05, 4.69) is 36.7 Å². The molecule has 0 radical (unpaired) electrons. The molecule has 132 valence electrons. The van der Waals surface area contributed by atoms with Crippen molar-refractivity contribution in [3.05, 3.63) is 52.5 Å². The standard InChI is InChI=1S/C16H21BrFN5.HI/c1-19-16(20-7-2-10-23-11-3-8-22-23)21-9-6-13-12-14(17)4-5-15(13)18;/h3-5,8,11-12H,2,6-7,9-10H2,1H3,(H2,19,20,21);1H. The number of hydrogen-bond donors (Lipinski definition) is 2. The highest BCUT2D eigenvalue weighted by Gasteiger charge is 2.03. The van der Waals surface area contributed by atoms with Crippen molar-refractivity contribution >= 4 is 45.9 Å². The van der Waals surface area contributed by atoms with Crippen LogP contribution in [0.3, 0.4) is 0 Å². The van der Waals surface area contributed by atoms with Crippen molar-refractivity contribution in [1.29, 1.82) is 0 Å². The van der Waals surface area contributed by atoms with Crippen LogP contribution in [0.5, 0.6) is 0 Å². The molecule has 24 heavy (non-hydrogen) atoms. The second-order valence-corrected chi connectivity index (χ2v) is 5.95. The van der Waals surface area contributed by atoms with E-state index < -0.39 is 0 Å². The molecule has 0 atom stereocenters. The average Bonchev–Trinajstić information content (AvgIpc) is 3.06. The number of guanidine groups is 1. The molecule has 0 bridgehead atoms. The first-order chi connectivity index (χ1) is 11.2. The number of hydrogen-bond acceptors (Lipinski definition) is 2. The molecule has 2 aromatic rings. The van der Waals surface area contributed by atoms with Crippen LogP contribution < -0.4 is 10.6 Å². The molecule has 0 amide bonds. The third kappa shape index (κ3) is 7.16. The summed E-state index contributed by atoms with van der Waals surface area (Å²) in [6.45, 7) is 2.28. The molecule has 0 unspecified atom stereocenters. The maximum atomic E-state index is 13.7. The molecule has 8 heteroatoms. The van der Waals surface area contributed by atoms with Crippen molar-refractivity contribution < 1.29 is 4.39 Å². The molecule has 0 saturated carbocycles. The Morgan fingerprint density at radius 3 is 2.83 bits per heavy atom. The lowest BCUT2D eigenvalue weighted by atomic mass is 10.1. The Kier molecular flexibility index (Phi) is 9.92. The number of nitrogens with one attached hydrogen (secondary N) is 2. The third-order valence-electron chi connectivity index (χ3n) is 3.33. The van der Waals surface area contributed by atoms with Gasteiger partial charge in [0.05, 0.1) is 0 Å². The Bertz CT molecular complexity index is 633. The van der Waals surface area contributed by atoms with Gasteiger partial charge in [-0.3, -0.25) is 9.67 Å². The molecule has 0 fully saturated rings. The maximum absolute atomic E-state index is 13.7. The Balaban J connectivity index is 0.00000288. The monoisotopic (exact) mass is 509 g/mol. The molecule has 0 spiro atoms. The number of aliphatic imine (C=N–C) groups is 1. The smallest absolute Gasteiger partial charge is 0.190 e. The van der Waals surface area contributed by atoms with E-state index >= 15 is 0 Å². The number of halogens is 3. The van der Waals surface area contributed by atoms with E-state index in [4.69, 9.17) is 0 Å². The van der Waals surface area contributed by atoms with E-state index in [0.29, 0.717) is 18.5 Å².